The number of rotatable bonds is 2. The van der Waals surface area contributed by atoms with Crippen molar-refractivity contribution in [2.75, 3.05) is 0 Å². The number of aromatic nitrogens is 2. The quantitative estimate of drug-likeness (QED) is 0.793. The van der Waals surface area contributed by atoms with Crippen molar-refractivity contribution >= 4 is 11.6 Å². The smallest absolute Gasteiger partial charge is 0.149 e. The minimum absolute atomic E-state index is 0.493. The first-order valence-corrected chi connectivity index (χ1v) is 7.14. The van der Waals surface area contributed by atoms with E-state index in [-0.39, 0.29) is 0 Å². The summed E-state index contributed by atoms with van der Waals surface area (Å²) in [5.74, 6) is 0.771. The van der Waals surface area contributed by atoms with E-state index in [1.54, 1.807) is 0 Å². The Morgan fingerprint density at radius 3 is 2.26 bits per heavy atom. The van der Waals surface area contributed by atoms with Crippen LogP contribution in [0.15, 0.2) is 24.3 Å². The van der Waals surface area contributed by atoms with E-state index >= 15 is 0 Å². The van der Waals surface area contributed by atoms with Crippen LogP contribution < -0.4 is 0 Å². The first kappa shape index (κ1) is 12.6. The zero-order chi connectivity index (χ0) is 13.4. The zero-order valence-electron chi connectivity index (χ0n) is 11.3. The SMILES string of the molecule is Cc1c(Cl)nnc(-c2ccc(C3CCC3)cc2)c1C. The highest BCUT2D eigenvalue weighted by molar-refractivity contribution is 6.30. The van der Waals surface area contributed by atoms with Gasteiger partial charge in [-0.2, -0.15) is 0 Å². The van der Waals surface area contributed by atoms with Crippen molar-refractivity contribution in [3.8, 4) is 11.3 Å². The van der Waals surface area contributed by atoms with Gasteiger partial charge in [0.25, 0.3) is 0 Å². The Morgan fingerprint density at radius 2 is 1.68 bits per heavy atom. The Kier molecular flexibility index (Phi) is 3.28. The number of hydrogen-bond donors (Lipinski definition) is 0. The highest BCUT2D eigenvalue weighted by Crippen LogP contribution is 2.37. The van der Waals surface area contributed by atoms with Crippen LogP contribution in [0.2, 0.25) is 5.15 Å². The summed E-state index contributed by atoms with van der Waals surface area (Å²) in [6, 6.07) is 8.75. The summed E-state index contributed by atoms with van der Waals surface area (Å²) >= 11 is 5.99. The lowest BCUT2D eigenvalue weighted by molar-refractivity contribution is 0.420. The van der Waals surface area contributed by atoms with Crippen molar-refractivity contribution in [2.24, 2.45) is 0 Å². The highest BCUT2D eigenvalue weighted by Gasteiger charge is 2.19. The summed E-state index contributed by atoms with van der Waals surface area (Å²) in [6.07, 6.45) is 4.03. The summed E-state index contributed by atoms with van der Waals surface area (Å²) < 4.78 is 0. The van der Waals surface area contributed by atoms with Gasteiger partial charge in [-0.05, 0) is 49.3 Å². The van der Waals surface area contributed by atoms with Crippen molar-refractivity contribution in [3.63, 3.8) is 0 Å². The van der Waals surface area contributed by atoms with Crippen LogP contribution in [-0.4, -0.2) is 10.2 Å². The molecule has 98 valence electrons. The van der Waals surface area contributed by atoms with Crippen LogP contribution >= 0.6 is 11.6 Å². The second-order valence-electron chi connectivity index (χ2n) is 5.34. The van der Waals surface area contributed by atoms with Gasteiger partial charge in [0.05, 0.1) is 5.69 Å². The topological polar surface area (TPSA) is 25.8 Å². The fourth-order valence-corrected chi connectivity index (χ4v) is 2.68. The first-order chi connectivity index (χ1) is 9.16. The lowest BCUT2D eigenvalue weighted by atomic mass is 9.80. The second-order valence-corrected chi connectivity index (χ2v) is 5.70. The van der Waals surface area contributed by atoms with Gasteiger partial charge in [-0.1, -0.05) is 42.3 Å². The van der Waals surface area contributed by atoms with E-state index < -0.39 is 0 Å². The lowest BCUT2D eigenvalue weighted by Gasteiger charge is -2.25. The maximum atomic E-state index is 5.99. The minimum Gasteiger partial charge on any atom is -0.149 e. The molecule has 3 heteroatoms. The molecule has 1 heterocycles. The third kappa shape index (κ3) is 2.25. The third-order valence-electron chi connectivity index (χ3n) is 4.23. The predicted molar refractivity (Wildman–Crippen MR) is 78.5 cm³/mol. The van der Waals surface area contributed by atoms with Crippen molar-refractivity contribution in [1.29, 1.82) is 0 Å². The van der Waals surface area contributed by atoms with Crippen molar-refractivity contribution in [1.82, 2.24) is 10.2 Å². The molecule has 2 nitrogen and oxygen atoms in total. The molecule has 0 aliphatic heterocycles. The largest absolute Gasteiger partial charge is 0.154 e. The molecule has 1 aromatic carbocycles. The number of benzene rings is 1. The Morgan fingerprint density at radius 1 is 1.00 bits per heavy atom. The molecule has 1 aromatic heterocycles. The average Bonchev–Trinajstić information content (AvgIpc) is 2.36. The molecule has 1 aliphatic rings. The molecule has 0 spiro atoms. The van der Waals surface area contributed by atoms with Crippen molar-refractivity contribution < 1.29 is 0 Å². The van der Waals surface area contributed by atoms with Crippen molar-refractivity contribution in [2.45, 2.75) is 39.0 Å². The maximum Gasteiger partial charge on any atom is 0.154 e. The minimum atomic E-state index is 0.493. The summed E-state index contributed by atoms with van der Waals surface area (Å²) in [6.45, 7) is 4.03. The number of halogens is 1. The van der Waals surface area contributed by atoms with Crippen LogP contribution in [0, 0.1) is 13.8 Å². The van der Waals surface area contributed by atoms with Crippen LogP contribution in [0.25, 0.3) is 11.3 Å². The first-order valence-electron chi connectivity index (χ1n) is 6.76. The van der Waals surface area contributed by atoms with Crippen LogP contribution in [0.4, 0.5) is 0 Å². The van der Waals surface area contributed by atoms with Crippen LogP contribution in [-0.2, 0) is 0 Å². The fourth-order valence-electron chi connectivity index (χ4n) is 2.51. The third-order valence-corrected chi connectivity index (χ3v) is 4.58. The Bertz CT molecular complexity index is 601. The maximum absolute atomic E-state index is 5.99. The molecule has 0 N–H and O–H groups in total. The monoisotopic (exact) mass is 272 g/mol. The van der Waals surface area contributed by atoms with E-state index in [1.165, 1.54) is 24.8 Å². The van der Waals surface area contributed by atoms with E-state index in [0.717, 1.165) is 28.3 Å². The highest BCUT2D eigenvalue weighted by atomic mass is 35.5. The van der Waals surface area contributed by atoms with Gasteiger partial charge in [0.2, 0.25) is 0 Å². The van der Waals surface area contributed by atoms with Crippen LogP contribution in [0.5, 0.6) is 0 Å². The lowest BCUT2D eigenvalue weighted by Crippen LogP contribution is -2.08. The second kappa shape index (κ2) is 4.93. The summed E-state index contributed by atoms with van der Waals surface area (Å²) in [4.78, 5) is 0. The molecular weight excluding hydrogens is 256 g/mol. The normalized spacial score (nSPS) is 15.3. The molecule has 1 fully saturated rings. The molecular formula is C16H17ClN2. The standard InChI is InChI=1S/C16H17ClN2/c1-10-11(2)16(17)19-18-15(10)14-8-6-13(7-9-14)12-4-3-5-12/h6-9,12H,3-5H2,1-2H3. The van der Waals surface area contributed by atoms with Gasteiger partial charge in [0, 0.05) is 5.56 Å². The van der Waals surface area contributed by atoms with E-state index in [0.29, 0.717) is 5.15 Å². The van der Waals surface area contributed by atoms with Gasteiger partial charge in [0.15, 0.2) is 5.15 Å². The van der Waals surface area contributed by atoms with Crippen molar-refractivity contribution in [3.05, 3.63) is 46.1 Å². The molecule has 0 radical (unpaired) electrons. The Hall–Kier alpha value is -1.41. The molecule has 3 rings (SSSR count). The van der Waals surface area contributed by atoms with E-state index in [4.69, 9.17) is 11.6 Å². The molecule has 0 amide bonds. The molecule has 1 saturated carbocycles. The molecule has 0 unspecified atom stereocenters. The van der Waals surface area contributed by atoms with Crippen LogP contribution in [0.3, 0.4) is 0 Å². The average molecular weight is 273 g/mol. The molecule has 0 atom stereocenters. The molecule has 19 heavy (non-hydrogen) atoms. The van der Waals surface area contributed by atoms with Gasteiger partial charge in [-0.15, -0.1) is 10.2 Å². The fraction of sp³-hybridized carbons (Fsp3) is 0.375. The molecule has 2 aromatic rings. The predicted octanol–water partition coefficient (Wildman–Crippen LogP) is 4.68. The summed E-state index contributed by atoms with van der Waals surface area (Å²) in [5.41, 5.74) is 5.62. The summed E-state index contributed by atoms with van der Waals surface area (Å²) in [7, 11) is 0. The zero-order valence-corrected chi connectivity index (χ0v) is 12.0. The molecule has 0 bridgehead atoms. The Labute approximate surface area is 118 Å². The molecule has 0 saturated heterocycles. The number of hydrogen-bond acceptors (Lipinski definition) is 2. The van der Waals surface area contributed by atoms with Gasteiger partial charge in [-0.25, -0.2) is 0 Å². The molecule has 1 aliphatic carbocycles. The van der Waals surface area contributed by atoms with Gasteiger partial charge < -0.3 is 0 Å². The van der Waals surface area contributed by atoms with E-state index in [9.17, 15) is 0 Å². The van der Waals surface area contributed by atoms with Gasteiger partial charge in [0.1, 0.15) is 0 Å². The van der Waals surface area contributed by atoms with E-state index in [2.05, 4.69) is 34.5 Å². The van der Waals surface area contributed by atoms with E-state index in [1.807, 2.05) is 13.8 Å². The van der Waals surface area contributed by atoms with Gasteiger partial charge in [-0.3, -0.25) is 0 Å². The van der Waals surface area contributed by atoms with Crippen LogP contribution in [0.1, 0.15) is 41.9 Å². The number of nitrogens with zero attached hydrogens (tertiary/aromatic N) is 2. The summed E-state index contributed by atoms with van der Waals surface area (Å²) in [5, 5.41) is 8.74. The van der Waals surface area contributed by atoms with Gasteiger partial charge >= 0.3 is 0 Å². The Balaban J connectivity index is 1.95.